The van der Waals surface area contributed by atoms with Crippen molar-refractivity contribution in [1.82, 2.24) is 13.2 Å². The number of rotatable bonds is 4. The Balaban J connectivity index is 1.66. The fraction of sp³-hybridized carbons (Fsp3) is 0.333. The van der Waals surface area contributed by atoms with Gasteiger partial charge < -0.3 is 9.67 Å². The molecule has 1 aliphatic rings. The zero-order valence-electron chi connectivity index (χ0n) is 14.0. The number of benzene rings is 2. The number of nitrogens with zero attached hydrogens (tertiary/aromatic N) is 3. The first kappa shape index (κ1) is 16.5. The van der Waals surface area contributed by atoms with Crippen LogP contribution in [0.15, 0.2) is 48.5 Å². The summed E-state index contributed by atoms with van der Waals surface area (Å²) < 4.78 is 29.1. The molecule has 0 radical (unpaired) electrons. The molecule has 1 aliphatic heterocycles. The zero-order chi connectivity index (χ0) is 17.6. The lowest BCUT2D eigenvalue weighted by molar-refractivity contribution is 0.133. The van der Waals surface area contributed by atoms with E-state index in [2.05, 4.69) is 16.7 Å². The molecule has 7 heteroatoms. The van der Waals surface area contributed by atoms with Gasteiger partial charge in [0.05, 0.1) is 12.6 Å². The van der Waals surface area contributed by atoms with Gasteiger partial charge in [0, 0.05) is 48.5 Å². The normalized spacial score (nSPS) is 19.8. The second kappa shape index (κ2) is 6.10. The van der Waals surface area contributed by atoms with Gasteiger partial charge in [-0.3, -0.25) is 0 Å². The Bertz CT molecular complexity index is 975. The molecular formula is C18H21N3O3S. The summed E-state index contributed by atoms with van der Waals surface area (Å²) in [5.41, 5.74) is 2.09. The average molecular weight is 359 g/mol. The minimum absolute atomic E-state index is 0.105. The van der Waals surface area contributed by atoms with Crippen LogP contribution in [0.2, 0.25) is 0 Å². The van der Waals surface area contributed by atoms with E-state index in [0.29, 0.717) is 19.6 Å². The number of hydrogen-bond donors (Lipinski definition) is 1. The van der Waals surface area contributed by atoms with Crippen molar-refractivity contribution in [2.75, 3.05) is 26.7 Å². The molecule has 1 saturated heterocycles. The van der Waals surface area contributed by atoms with E-state index in [-0.39, 0.29) is 6.54 Å². The molecular weight excluding hydrogens is 338 g/mol. The Morgan fingerprint density at radius 1 is 0.960 bits per heavy atom. The zero-order valence-corrected chi connectivity index (χ0v) is 14.9. The van der Waals surface area contributed by atoms with E-state index in [0.717, 1.165) is 21.8 Å². The molecule has 1 fully saturated rings. The molecule has 0 saturated carbocycles. The van der Waals surface area contributed by atoms with Crippen molar-refractivity contribution in [3.05, 3.63) is 48.5 Å². The van der Waals surface area contributed by atoms with E-state index >= 15 is 0 Å². The van der Waals surface area contributed by atoms with Crippen LogP contribution in [0, 0.1) is 0 Å². The van der Waals surface area contributed by atoms with Crippen LogP contribution in [0.4, 0.5) is 0 Å². The smallest absolute Gasteiger partial charge is 0.281 e. The lowest BCUT2D eigenvalue weighted by Crippen LogP contribution is -2.38. The highest BCUT2D eigenvalue weighted by molar-refractivity contribution is 7.87. The number of likely N-dealkylation sites (N-methyl/N-ethyl adjacent to an activating group) is 1. The summed E-state index contributed by atoms with van der Waals surface area (Å²) in [4.78, 5) is 0. The maximum Gasteiger partial charge on any atom is 0.281 e. The summed E-state index contributed by atoms with van der Waals surface area (Å²) in [5, 5.41) is 12.8. The van der Waals surface area contributed by atoms with Gasteiger partial charge in [-0.25, -0.2) is 0 Å². The van der Waals surface area contributed by atoms with Crippen LogP contribution in [0.25, 0.3) is 21.8 Å². The van der Waals surface area contributed by atoms with Crippen LogP contribution in [0.1, 0.15) is 0 Å². The molecule has 4 rings (SSSR count). The van der Waals surface area contributed by atoms with Crippen LogP contribution in [0.5, 0.6) is 0 Å². The third-order valence-corrected chi connectivity index (χ3v) is 6.83. The number of aromatic nitrogens is 1. The summed E-state index contributed by atoms with van der Waals surface area (Å²) in [6, 6.07) is 16.2. The minimum Gasteiger partial charge on any atom is -0.390 e. The van der Waals surface area contributed by atoms with Crippen molar-refractivity contribution >= 4 is 32.0 Å². The topological polar surface area (TPSA) is 65.8 Å². The van der Waals surface area contributed by atoms with Crippen LogP contribution in [-0.4, -0.2) is 59.5 Å². The summed E-state index contributed by atoms with van der Waals surface area (Å²) in [5.74, 6) is 0. The van der Waals surface area contributed by atoms with Gasteiger partial charge in [0.2, 0.25) is 0 Å². The highest BCUT2D eigenvalue weighted by Crippen LogP contribution is 2.29. The molecule has 1 aromatic heterocycles. The first-order valence-corrected chi connectivity index (χ1v) is 9.73. The van der Waals surface area contributed by atoms with E-state index in [4.69, 9.17) is 0 Å². The fourth-order valence-corrected chi connectivity index (χ4v) is 4.95. The van der Waals surface area contributed by atoms with Crippen LogP contribution in [-0.2, 0) is 16.8 Å². The van der Waals surface area contributed by atoms with Gasteiger partial charge in [0.15, 0.2) is 0 Å². The highest BCUT2D eigenvalue weighted by Gasteiger charge is 2.34. The fourth-order valence-electron chi connectivity index (χ4n) is 3.57. The largest absolute Gasteiger partial charge is 0.390 e. The standard InChI is InChI=1S/C18H21N3O3S/c1-19-10-11-20(25(19,23)24)12-14(22)13-21-17-8-4-2-6-15(17)16-7-3-5-9-18(16)21/h2-9,14,22H,10-13H2,1H3. The maximum absolute atomic E-state index is 12.2. The number of para-hydroxylation sites is 2. The number of aliphatic hydroxyl groups excluding tert-OH is 1. The second-order valence-electron chi connectivity index (χ2n) is 6.49. The van der Waals surface area contributed by atoms with Crippen molar-refractivity contribution < 1.29 is 13.5 Å². The Morgan fingerprint density at radius 2 is 1.52 bits per heavy atom. The van der Waals surface area contributed by atoms with Crippen molar-refractivity contribution in [2.24, 2.45) is 0 Å². The predicted octanol–water partition coefficient (Wildman–Crippen LogP) is 1.65. The summed E-state index contributed by atoms with van der Waals surface area (Å²) in [6.07, 6.45) is -0.777. The maximum atomic E-state index is 12.2. The Labute approximate surface area is 147 Å². The molecule has 0 amide bonds. The molecule has 1 N–H and O–H groups in total. The SMILES string of the molecule is CN1CCN(CC(O)Cn2c3ccccc3c3ccccc32)S1(=O)=O. The van der Waals surface area contributed by atoms with E-state index in [1.54, 1.807) is 7.05 Å². The Hall–Kier alpha value is -1.93. The third-order valence-electron chi connectivity index (χ3n) is 4.87. The molecule has 1 unspecified atom stereocenters. The Kier molecular flexibility index (Phi) is 4.04. The van der Waals surface area contributed by atoms with E-state index in [9.17, 15) is 13.5 Å². The second-order valence-corrected chi connectivity index (χ2v) is 8.52. The molecule has 0 spiro atoms. The van der Waals surface area contributed by atoms with Gasteiger partial charge in [-0.05, 0) is 12.1 Å². The molecule has 25 heavy (non-hydrogen) atoms. The van der Waals surface area contributed by atoms with Gasteiger partial charge >= 0.3 is 0 Å². The number of fused-ring (bicyclic) bond motifs is 3. The van der Waals surface area contributed by atoms with Gasteiger partial charge in [-0.15, -0.1) is 0 Å². The van der Waals surface area contributed by atoms with Crippen LogP contribution in [0.3, 0.4) is 0 Å². The van der Waals surface area contributed by atoms with E-state index < -0.39 is 16.3 Å². The predicted molar refractivity (Wildman–Crippen MR) is 98.6 cm³/mol. The Morgan fingerprint density at radius 3 is 2.04 bits per heavy atom. The van der Waals surface area contributed by atoms with Crippen molar-refractivity contribution in [3.63, 3.8) is 0 Å². The molecule has 6 nitrogen and oxygen atoms in total. The van der Waals surface area contributed by atoms with Crippen molar-refractivity contribution in [2.45, 2.75) is 12.6 Å². The molecule has 1 atom stereocenters. The van der Waals surface area contributed by atoms with Gasteiger partial charge in [0.25, 0.3) is 10.2 Å². The van der Waals surface area contributed by atoms with Crippen LogP contribution < -0.4 is 0 Å². The first-order valence-electron chi connectivity index (χ1n) is 8.34. The lowest BCUT2D eigenvalue weighted by Gasteiger charge is -2.20. The molecule has 3 aromatic rings. The quantitative estimate of drug-likeness (QED) is 0.770. The minimum atomic E-state index is -3.43. The number of aliphatic hydroxyl groups is 1. The van der Waals surface area contributed by atoms with Crippen LogP contribution >= 0.6 is 0 Å². The van der Waals surface area contributed by atoms with Crippen molar-refractivity contribution in [1.29, 1.82) is 0 Å². The van der Waals surface area contributed by atoms with E-state index in [1.807, 2.05) is 36.4 Å². The summed E-state index contributed by atoms with van der Waals surface area (Å²) in [6.45, 7) is 1.34. The summed E-state index contributed by atoms with van der Waals surface area (Å²) >= 11 is 0. The lowest BCUT2D eigenvalue weighted by atomic mass is 10.2. The molecule has 132 valence electrons. The average Bonchev–Trinajstić information content (AvgIpc) is 3.05. The molecule has 0 aliphatic carbocycles. The van der Waals surface area contributed by atoms with Gasteiger partial charge in [-0.1, -0.05) is 36.4 Å². The van der Waals surface area contributed by atoms with Crippen molar-refractivity contribution in [3.8, 4) is 0 Å². The molecule has 0 bridgehead atoms. The van der Waals surface area contributed by atoms with Gasteiger partial charge in [0.1, 0.15) is 0 Å². The number of hydrogen-bond acceptors (Lipinski definition) is 3. The molecule has 2 aromatic carbocycles. The van der Waals surface area contributed by atoms with E-state index in [1.165, 1.54) is 8.61 Å². The summed E-state index contributed by atoms with van der Waals surface area (Å²) in [7, 11) is -1.86. The monoisotopic (exact) mass is 359 g/mol. The first-order chi connectivity index (χ1) is 12.0. The highest BCUT2D eigenvalue weighted by atomic mass is 32.2. The third kappa shape index (κ3) is 2.73. The molecule has 2 heterocycles. The number of β-amino-alcohol motifs (C(OH)–C–C–N with tert-alkyl or cyclic N) is 1. The van der Waals surface area contributed by atoms with Gasteiger partial charge in [-0.2, -0.15) is 17.0 Å².